The van der Waals surface area contributed by atoms with Crippen molar-refractivity contribution >= 4 is 11.5 Å². The smallest absolute Gasteiger partial charge is 0.214 e. The molecule has 2 unspecified atom stereocenters. The summed E-state index contributed by atoms with van der Waals surface area (Å²) in [5.74, 6) is -0.0718. The topological polar surface area (TPSA) is 58.6 Å². The molecule has 1 saturated carbocycles. The van der Waals surface area contributed by atoms with Crippen LogP contribution in [0.15, 0.2) is 24.0 Å². The first-order valence-corrected chi connectivity index (χ1v) is 9.84. The zero-order valence-electron chi connectivity index (χ0n) is 19.7. The Morgan fingerprint density at radius 2 is 1.76 bits per heavy atom. The van der Waals surface area contributed by atoms with Crippen LogP contribution >= 0.6 is 0 Å². The van der Waals surface area contributed by atoms with Gasteiger partial charge in [-0.3, -0.25) is 4.79 Å². The molecule has 2 aliphatic rings. The summed E-state index contributed by atoms with van der Waals surface area (Å²) in [6, 6.07) is 8.60. The van der Waals surface area contributed by atoms with Gasteiger partial charge in [-0.1, -0.05) is 48.5 Å². The fourth-order valence-electron chi connectivity index (χ4n) is 3.24. The summed E-state index contributed by atoms with van der Waals surface area (Å²) in [7, 11) is 1.66. The van der Waals surface area contributed by atoms with E-state index in [1.165, 1.54) is 0 Å². The molecule has 165 valence electrons. The fraction of sp³-hybridized carbons (Fsp3) is 0.565. The molecule has 1 amide bonds. The Labute approximate surface area is 218 Å². The van der Waals surface area contributed by atoms with E-state index in [0.29, 0.717) is 24.0 Å². The van der Waals surface area contributed by atoms with Gasteiger partial charge >= 0.3 is 0 Å². The third-order valence-electron chi connectivity index (χ3n) is 4.39. The number of aryl methyl sites for hydroxylation is 1. The van der Waals surface area contributed by atoms with Gasteiger partial charge in [0, 0.05) is 72.9 Å². The predicted octanol–water partition coefficient (Wildman–Crippen LogP) is 5.66. The standard InChI is InChI=1S/C16H18NO3.3C2H6.CH3.W.Y/c1-10-5-3-4-6-12(10)13-14(18)16(17-15(13)19)8-7-11(9-16)20-2;3*1-2;;;/h3-5,11,18H,7-9H2,1-2H3,(H,17,19);3*1-2H3;1H3;;/q-1;;;;-1;;. The van der Waals surface area contributed by atoms with Gasteiger partial charge in [0.1, 0.15) is 0 Å². The van der Waals surface area contributed by atoms with Gasteiger partial charge in [-0.2, -0.15) is 0 Å². The van der Waals surface area contributed by atoms with Gasteiger partial charge in [0.2, 0.25) is 5.91 Å². The normalized spacial score (nSPS) is 20.8. The van der Waals surface area contributed by atoms with Crippen molar-refractivity contribution in [3.63, 3.8) is 0 Å². The van der Waals surface area contributed by atoms with E-state index < -0.39 is 5.54 Å². The number of aliphatic hydroxyl groups excluding tert-OH is 1. The second-order valence-corrected chi connectivity index (χ2v) is 5.59. The van der Waals surface area contributed by atoms with E-state index in [9.17, 15) is 9.90 Å². The quantitative estimate of drug-likeness (QED) is 0.407. The van der Waals surface area contributed by atoms with Crippen LogP contribution in [0.1, 0.15) is 71.9 Å². The van der Waals surface area contributed by atoms with Crippen molar-refractivity contribution in [2.45, 2.75) is 79.4 Å². The Balaban J connectivity index is -0.000000319. The van der Waals surface area contributed by atoms with E-state index in [4.69, 9.17) is 4.74 Å². The molecule has 1 aromatic carbocycles. The molecule has 1 aromatic rings. The number of carbonyl (C=O) groups excluding carboxylic acids is 1. The average Bonchev–Trinajstić information content (AvgIpc) is 3.22. The maximum atomic E-state index is 12.3. The first kappa shape index (κ1) is 36.4. The van der Waals surface area contributed by atoms with Gasteiger partial charge < -0.3 is 22.6 Å². The molecular weight excluding hydrogens is 611 g/mol. The summed E-state index contributed by atoms with van der Waals surface area (Å²) in [4.78, 5) is 12.3. The minimum atomic E-state index is -0.650. The zero-order chi connectivity index (χ0) is 20.3. The molecule has 2 atom stereocenters. The molecule has 1 aliphatic heterocycles. The van der Waals surface area contributed by atoms with Crippen molar-refractivity contribution < 1.29 is 68.4 Å². The van der Waals surface area contributed by atoms with Crippen molar-refractivity contribution in [3.8, 4) is 0 Å². The van der Waals surface area contributed by atoms with Crippen LogP contribution < -0.4 is 5.32 Å². The van der Waals surface area contributed by atoms with Crippen LogP contribution in [0.5, 0.6) is 0 Å². The summed E-state index contributed by atoms with van der Waals surface area (Å²) in [5, 5.41) is 13.6. The van der Waals surface area contributed by atoms with Crippen LogP contribution in [-0.4, -0.2) is 29.8 Å². The Morgan fingerprint density at radius 1 is 1.21 bits per heavy atom. The maximum absolute atomic E-state index is 12.3. The van der Waals surface area contributed by atoms with E-state index in [2.05, 4.69) is 11.4 Å². The van der Waals surface area contributed by atoms with Gasteiger partial charge in [0.15, 0.2) is 0 Å². The number of ether oxygens (including phenoxy) is 1. The van der Waals surface area contributed by atoms with Crippen LogP contribution in [0.4, 0.5) is 0 Å². The number of amides is 1. The van der Waals surface area contributed by atoms with Crippen LogP contribution in [-0.2, 0) is 63.3 Å². The third-order valence-corrected chi connectivity index (χ3v) is 4.39. The summed E-state index contributed by atoms with van der Waals surface area (Å²) < 4.78 is 5.35. The number of hydrogen-bond donors (Lipinski definition) is 2. The Kier molecular flexibility index (Phi) is 23.5. The Bertz CT molecular complexity index is 608. The molecule has 29 heavy (non-hydrogen) atoms. The van der Waals surface area contributed by atoms with Gasteiger partial charge in [-0.05, 0) is 12.8 Å². The number of nitrogens with one attached hydrogen (secondary N) is 1. The van der Waals surface area contributed by atoms with Crippen molar-refractivity contribution in [3.05, 3.63) is 48.6 Å². The Morgan fingerprint density at radius 3 is 2.21 bits per heavy atom. The van der Waals surface area contributed by atoms with E-state index in [1.807, 2.05) is 60.6 Å². The van der Waals surface area contributed by atoms with Crippen LogP contribution in [0.2, 0.25) is 0 Å². The molecule has 6 heteroatoms. The predicted molar refractivity (Wildman–Crippen MR) is 116 cm³/mol. The molecule has 0 aromatic heterocycles. The van der Waals surface area contributed by atoms with E-state index in [-0.39, 0.29) is 79.0 Å². The number of aliphatic hydroxyl groups is 1. The molecule has 1 radical (unpaired) electrons. The minimum Gasteiger partial charge on any atom is -0.519 e. The fourth-order valence-corrected chi connectivity index (χ4v) is 3.24. The molecular formula is C23H39NO3WY-2. The Hall–Kier alpha value is -0.0178. The second-order valence-electron chi connectivity index (χ2n) is 5.59. The number of carbonyl (C=O) groups is 1. The summed E-state index contributed by atoms with van der Waals surface area (Å²) >= 11 is 0. The molecule has 0 bridgehead atoms. The van der Waals surface area contributed by atoms with Crippen molar-refractivity contribution in [1.29, 1.82) is 0 Å². The average molecular weight is 650 g/mol. The molecule has 1 fully saturated rings. The van der Waals surface area contributed by atoms with Gasteiger partial charge in [-0.25, -0.2) is 0 Å². The van der Waals surface area contributed by atoms with Crippen molar-refractivity contribution in [2.75, 3.05) is 7.11 Å². The first-order valence-electron chi connectivity index (χ1n) is 9.84. The van der Waals surface area contributed by atoms with Crippen molar-refractivity contribution in [1.82, 2.24) is 5.32 Å². The maximum Gasteiger partial charge on any atom is 0.214 e. The van der Waals surface area contributed by atoms with Crippen LogP contribution in [0.25, 0.3) is 5.57 Å². The SMILES string of the molecule is CC.CC.CC.COC1CCC2(C1)NC(=O)C(c1[c-]cccc1C)=C2O.[CH3-].[W].[Y]. The molecule has 0 saturated heterocycles. The molecule has 4 nitrogen and oxygen atoms in total. The van der Waals surface area contributed by atoms with E-state index >= 15 is 0 Å². The largest absolute Gasteiger partial charge is 0.519 e. The monoisotopic (exact) mass is 650 g/mol. The number of benzene rings is 1. The number of methoxy groups -OCH3 is 1. The van der Waals surface area contributed by atoms with Crippen LogP contribution in [0.3, 0.4) is 0 Å². The van der Waals surface area contributed by atoms with E-state index in [0.717, 1.165) is 12.0 Å². The second kappa shape index (κ2) is 18.7. The third kappa shape index (κ3) is 8.56. The first-order chi connectivity index (χ1) is 12.6. The molecule has 2 N–H and O–H groups in total. The van der Waals surface area contributed by atoms with Gasteiger partial charge in [0.05, 0.1) is 17.4 Å². The van der Waals surface area contributed by atoms with Gasteiger partial charge in [-0.15, -0.1) is 35.4 Å². The summed E-state index contributed by atoms with van der Waals surface area (Å²) in [5.41, 5.74) is 1.33. The zero-order valence-corrected chi connectivity index (χ0v) is 25.5. The molecule has 1 aliphatic carbocycles. The molecule has 3 rings (SSSR count). The molecule has 1 spiro atoms. The van der Waals surface area contributed by atoms with Crippen LogP contribution in [0, 0.1) is 20.4 Å². The van der Waals surface area contributed by atoms with Gasteiger partial charge in [0.25, 0.3) is 0 Å². The summed E-state index contributed by atoms with van der Waals surface area (Å²) in [6.07, 6.45) is 2.25. The summed E-state index contributed by atoms with van der Waals surface area (Å²) in [6.45, 7) is 13.9. The van der Waals surface area contributed by atoms with Crippen molar-refractivity contribution in [2.24, 2.45) is 0 Å². The number of rotatable bonds is 2. The number of hydrogen-bond acceptors (Lipinski definition) is 3. The minimum absolute atomic E-state index is 0. The van der Waals surface area contributed by atoms with E-state index in [1.54, 1.807) is 13.2 Å². The molecule has 1 heterocycles.